The Bertz CT molecular complexity index is 443. The van der Waals surface area contributed by atoms with Crippen molar-refractivity contribution in [1.29, 1.82) is 0 Å². The fourth-order valence-corrected chi connectivity index (χ4v) is 3.11. The molecule has 0 saturated heterocycles. The first-order valence-electron chi connectivity index (χ1n) is 5.78. The lowest BCUT2D eigenvalue weighted by Crippen LogP contribution is -2.19. The van der Waals surface area contributed by atoms with Crippen LogP contribution in [-0.2, 0) is 11.3 Å². The second-order valence-electron chi connectivity index (χ2n) is 3.62. The van der Waals surface area contributed by atoms with Crippen LogP contribution in [0.1, 0.15) is 4.88 Å². The van der Waals surface area contributed by atoms with E-state index in [0.717, 1.165) is 18.1 Å². The van der Waals surface area contributed by atoms with Crippen molar-refractivity contribution in [3.63, 3.8) is 0 Å². The minimum absolute atomic E-state index is 0.0824. The summed E-state index contributed by atoms with van der Waals surface area (Å²) in [5.41, 5.74) is 0. The Morgan fingerprint density at radius 3 is 3.11 bits per heavy atom. The molecule has 0 aliphatic rings. The summed E-state index contributed by atoms with van der Waals surface area (Å²) in [5.74, 6) is 0. The van der Waals surface area contributed by atoms with Crippen molar-refractivity contribution >= 4 is 22.7 Å². The normalized spacial score (nSPS) is 10.9. The monoisotopic (exact) mass is 284 g/mol. The van der Waals surface area contributed by atoms with Crippen molar-refractivity contribution in [3.8, 4) is 9.88 Å². The van der Waals surface area contributed by atoms with Crippen LogP contribution in [0.3, 0.4) is 0 Å². The first-order valence-corrected chi connectivity index (χ1v) is 7.47. The molecule has 0 amide bonds. The molecule has 6 heteroatoms. The van der Waals surface area contributed by atoms with Crippen LogP contribution in [0.5, 0.6) is 0 Å². The third kappa shape index (κ3) is 4.15. The van der Waals surface area contributed by atoms with Crippen LogP contribution in [0.25, 0.3) is 9.88 Å². The summed E-state index contributed by atoms with van der Waals surface area (Å²) in [6.45, 7) is 2.71. The molecule has 2 aromatic rings. The smallest absolute Gasteiger partial charge is 0.133 e. The van der Waals surface area contributed by atoms with Gasteiger partial charge in [0.1, 0.15) is 5.01 Å². The van der Waals surface area contributed by atoms with Gasteiger partial charge in [0.15, 0.2) is 0 Å². The van der Waals surface area contributed by atoms with Gasteiger partial charge in [-0.3, -0.25) is 0 Å². The number of hydrogen-bond donors (Lipinski definition) is 2. The first kappa shape index (κ1) is 13.6. The largest absolute Gasteiger partial charge is 0.394 e. The van der Waals surface area contributed by atoms with E-state index in [0.29, 0.717) is 13.2 Å². The quantitative estimate of drug-likeness (QED) is 0.728. The fraction of sp³-hybridized carbons (Fsp3) is 0.417. The van der Waals surface area contributed by atoms with Crippen molar-refractivity contribution < 1.29 is 9.84 Å². The summed E-state index contributed by atoms with van der Waals surface area (Å²) >= 11 is 3.43. The molecule has 2 heterocycles. The summed E-state index contributed by atoms with van der Waals surface area (Å²) in [6, 6.07) is 4.13. The number of thiophene rings is 1. The van der Waals surface area contributed by atoms with Crippen LogP contribution in [0, 0.1) is 0 Å². The molecule has 2 N–H and O–H groups in total. The average Bonchev–Trinajstić information content (AvgIpc) is 3.03. The van der Waals surface area contributed by atoms with E-state index in [9.17, 15) is 0 Å². The van der Waals surface area contributed by atoms with E-state index >= 15 is 0 Å². The number of ether oxygens (including phenoxy) is 1. The molecule has 2 aromatic heterocycles. The number of aliphatic hydroxyl groups excluding tert-OH is 1. The molecule has 2 rings (SSSR count). The zero-order chi connectivity index (χ0) is 12.6. The Morgan fingerprint density at radius 2 is 2.33 bits per heavy atom. The molecular weight excluding hydrogens is 268 g/mol. The molecule has 18 heavy (non-hydrogen) atoms. The lowest BCUT2D eigenvalue weighted by molar-refractivity contribution is 0.0938. The minimum atomic E-state index is 0.0824. The van der Waals surface area contributed by atoms with E-state index in [-0.39, 0.29) is 6.61 Å². The summed E-state index contributed by atoms with van der Waals surface area (Å²) in [4.78, 5) is 6.85. The number of aromatic nitrogens is 1. The molecule has 0 radical (unpaired) electrons. The summed E-state index contributed by atoms with van der Waals surface area (Å²) in [7, 11) is 0. The lowest BCUT2D eigenvalue weighted by Gasteiger charge is -2.03. The van der Waals surface area contributed by atoms with Gasteiger partial charge in [0.2, 0.25) is 0 Å². The van der Waals surface area contributed by atoms with Gasteiger partial charge in [-0.2, -0.15) is 0 Å². The van der Waals surface area contributed by atoms with Crippen LogP contribution >= 0.6 is 22.7 Å². The Labute approximate surface area is 114 Å². The van der Waals surface area contributed by atoms with Gasteiger partial charge in [-0.25, -0.2) is 4.98 Å². The van der Waals surface area contributed by atoms with Crippen molar-refractivity contribution in [2.75, 3.05) is 26.4 Å². The van der Waals surface area contributed by atoms with Crippen molar-refractivity contribution in [2.24, 2.45) is 0 Å². The van der Waals surface area contributed by atoms with Gasteiger partial charge < -0.3 is 15.2 Å². The van der Waals surface area contributed by atoms with Gasteiger partial charge in [-0.1, -0.05) is 6.07 Å². The Hall–Kier alpha value is -0.790. The predicted octanol–water partition coefficient (Wildman–Crippen LogP) is 1.97. The number of aliphatic hydroxyl groups is 1. The number of hydrogen-bond acceptors (Lipinski definition) is 6. The van der Waals surface area contributed by atoms with E-state index < -0.39 is 0 Å². The second-order valence-corrected chi connectivity index (χ2v) is 5.68. The molecule has 98 valence electrons. The third-order valence-corrected chi connectivity index (χ3v) is 4.28. The van der Waals surface area contributed by atoms with Gasteiger partial charge in [0, 0.05) is 24.2 Å². The lowest BCUT2D eigenvalue weighted by atomic mass is 10.5. The van der Waals surface area contributed by atoms with Crippen molar-refractivity contribution in [2.45, 2.75) is 6.54 Å². The molecule has 0 aliphatic heterocycles. The van der Waals surface area contributed by atoms with Gasteiger partial charge in [-0.15, -0.1) is 22.7 Å². The molecule has 0 spiro atoms. The Balaban J connectivity index is 1.71. The van der Waals surface area contributed by atoms with Crippen molar-refractivity contribution in [3.05, 3.63) is 28.6 Å². The molecule has 4 nitrogen and oxygen atoms in total. The van der Waals surface area contributed by atoms with Crippen LogP contribution in [-0.4, -0.2) is 36.5 Å². The molecule has 0 unspecified atom stereocenters. The summed E-state index contributed by atoms with van der Waals surface area (Å²) in [6.07, 6.45) is 1.92. The maximum Gasteiger partial charge on any atom is 0.133 e. The number of rotatable bonds is 8. The average molecular weight is 284 g/mol. The zero-order valence-corrected chi connectivity index (χ0v) is 11.6. The Morgan fingerprint density at radius 1 is 1.39 bits per heavy atom. The highest BCUT2D eigenvalue weighted by Crippen LogP contribution is 2.28. The molecule has 0 atom stereocenters. The number of thiazole rings is 1. The van der Waals surface area contributed by atoms with E-state index in [1.807, 2.05) is 12.3 Å². The maximum absolute atomic E-state index is 8.54. The summed E-state index contributed by atoms with van der Waals surface area (Å²) < 4.78 is 5.16. The second kappa shape index (κ2) is 7.60. The highest BCUT2D eigenvalue weighted by molar-refractivity contribution is 7.20. The van der Waals surface area contributed by atoms with Gasteiger partial charge in [-0.05, 0) is 11.4 Å². The van der Waals surface area contributed by atoms with Crippen LogP contribution in [0.15, 0.2) is 23.7 Å². The van der Waals surface area contributed by atoms with Crippen LogP contribution < -0.4 is 5.32 Å². The standard InChI is InChI=1S/C12H16N2O2S2/c15-4-6-16-5-3-13-8-10-9-14-12(18-10)11-2-1-7-17-11/h1-2,7,9,13,15H,3-6,8H2. The van der Waals surface area contributed by atoms with E-state index in [4.69, 9.17) is 9.84 Å². The molecule has 0 fully saturated rings. The van der Waals surface area contributed by atoms with Gasteiger partial charge >= 0.3 is 0 Å². The summed E-state index contributed by atoms with van der Waals surface area (Å²) in [5, 5.41) is 15.0. The van der Waals surface area contributed by atoms with Gasteiger partial charge in [0.05, 0.1) is 24.7 Å². The van der Waals surface area contributed by atoms with E-state index in [1.54, 1.807) is 22.7 Å². The highest BCUT2D eigenvalue weighted by Gasteiger charge is 2.04. The maximum atomic E-state index is 8.54. The van der Waals surface area contributed by atoms with Gasteiger partial charge in [0.25, 0.3) is 0 Å². The SMILES string of the molecule is OCCOCCNCc1cnc(-c2cccs2)s1. The molecule has 0 saturated carbocycles. The first-order chi connectivity index (χ1) is 8.90. The van der Waals surface area contributed by atoms with Crippen LogP contribution in [0.2, 0.25) is 0 Å². The number of nitrogens with one attached hydrogen (secondary N) is 1. The minimum Gasteiger partial charge on any atom is -0.394 e. The van der Waals surface area contributed by atoms with Crippen molar-refractivity contribution in [1.82, 2.24) is 10.3 Å². The molecule has 0 aliphatic carbocycles. The fourth-order valence-electron chi connectivity index (χ4n) is 1.43. The molecular formula is C12H16N2O2S2. The highest BCUT2D eigenvalue weighted by atomic mass is 32.1. The zero-order valence-electron chi connectivity index (χ0n) is 9.96. The third-order valence-electron chi connectivity index (χ3n) is 2.24. The molecule has 0 bridgehead atoms. The van der Waals surface area contributed by atoms with E-state index in [2.05, 4.69) is 21.7 Å². The van der Waals surface area contributed by atoms with Crippen LogP contribution in [0.4, 0.5) is 0 Å². The predicted molar refractivity (Wildman–Crippen MR) is 75.0 cm³/mol. The topological polar surface area (TPSA) is 54.4 Å². The molecule has 0 aromatic carbocycles. The number of nitrogens with zero attached hydrogens (tertiary/aromatic N) is 1. The van der Waals surface area contributed by atoms with E-state index in [1.165, 1.54) is 9.75 Å². The Kier molecular flexibility index (Phi) is 5.76.